The van der Waals surface area contributed by atoms with Crippen LogP contribution in [0.1, 0.15) is 40.5 Å². The molecule has 25 heavy (non-hydrogen) atoms. The minimum atomic E-state index is -0.960. The van der Waals surface area contributed by atoms with E-state index in [1.54, 1.807) is 0 Å². The molecule has 0 amide bonds. The lowest BCUT2D eigenvalue weighted by Crippen LogP contribution is -1.91. The number of aliphatic carboxylic acids is 1. The number of hydrogen-bond donors (Lipinski definition) is 2. The first kappa shape index (κ1) is 25.2. The highest BCUT2D eigenvalue weighted by molar-refractivity contribution is 8.02. The Morgan fingerprint density at radius 2 is 1.92 bits per heavy atom. The van der Waals surface area contributed by atoms with Crippen molar-refractivity contribution in [1.82, 2.24) is 0 Å². The number of benzene rings is 1. The van der Waals surface area contributed by atoms with Crippen LogP contribution in [0.2, 0.25) is 0 Å². The van der Waals surface area contributed by atoms with Crippen molar-refractivity contribution >= 4 is 29.1 Å². The number of rotatable bonds is 8. The topological polar surface area (TPSA) is 61.7 Å². The van der Waals surface area contributed by atoms with Crippen molar-refractivity contribution in [3.8, 4) is 0 Å². The molecular weight excluding hydrogens is 332 g/mol. The van der Waals surface area contributed by atoms with Gasteiger partial charge in [0.05, 0.1) is 0 Å². The zero-order valence-electron chi connectivity index (χ0n) is 16.0. The maximum Gasteiger partial charge on any atom is 0.329 e. The fraction of sp³-hybridized carbons (Fsp3) is 0.400. The lowest BCUT2D eigenvalue weighted by atomic mass is 10.3. The first-order valence-electron chi connectivity index (χ1n) is 8.50. The lowest BCUT2D eigenvalue weighted by molar-refractivity contribution is -0.131. The summed E-state index contributed by atoms with van der Waals surface area (Å²) < 4.78 is 0. The summed E-state index contributed by atoms with van der Waals surface area (Å²) in [6.07, 6.45) is 6.86. The van der Waals surface area contributed by atoms with E-state index < -0.39 is 5.97 Å². The number of carbonyl (C=O) groups is 1. The van der Waals surface area contributed by atoms with Crippen molar-refractivity contribution in [3.05, 3.63) is 54.1 Å². The van der Waals surface area contributed by atoms with Gasteiger partial charge >= 0.3 is 5.97 Å². The molecule has 0 fully saturated rings. The van der Waals surface area contributed by atoms with Gasteiger partial charge in [-0.3, -0.25) is 4.99 Å². The molecule has 1 aromatic rings. The van der Waals surface area contributed by atoms with Crippen molar-refractivity contribution < 1.29 is 9.90 Å². The molecule has 0 aliphatic heterocycles. The Hall–Kier alpha value is -2.01. The molecule has 0 radical (unpaired) electrons. The Labute approximate surface area is 157 Å². The zero-order chi connectivity index (χ0) is 19.3. The monoisotopic (exact) mass is 364 g/mol. The molecule has 0 aromatic heterocycles. The highest BCUT2D eigenvalue weighted by atomic mass is 32.2. The molecule has 1 rings (SSSR count). The van der Waals surface area contributed by atoms with Crippen molar-refractivity contribution in [3.63, 3.8) is 0 Å². The quantitative estimate of drug-likeness (QED) is 0.345. The molecule has 0 bridgehead atoms. The normalized spacial score (nSPS) is 10.7. The number of thioether (sulfide) groups is 1. The number of nitrogens with one attached hydrogen (secondary N) is 1. The highest BCUT2D eigenvalue weighted by Crippen LogP contribution is 2.05. The highest BCUT2D eigenvalue weighted by Gasteiger charge is 1.88. The second-order valence-corrected chi connectivity index (χ2v) is 5.56. The predicted octanol–water partition coefficient (Wildman–Crippen LogP) is 5.85. The van der Waals surface area contributed by atoms with E-state index in [2.05, 4.69) is 35.6 Å². The zero-order valence-corrected chi connectivity index (χ0v) is 16.8. The summed E-state index contributed by atoms with van der Waals surface area (Å²) in [6.45, 7) is 8.22. The van der Waals surface area contributed by atoms with Crippen LogP contribution in [0.25, 0.3) is 0 Å². The van der Waals surface area contributed by atoms with E-state index in [0.29, 0.717) is 0 Å². The number of carboxylic acid groups (broad SMARTS) is 1. The molecule has 1 aromatic carbocycles. The van der Waals surface area contributed by atoms with Crippen molar-refractivity contribution in [2.24, 2.45) is 4.99 Å². The van der Waals surface area contributed by atoms with Gasteiger partial charge < -0.3 is 10.4 Å². The molecule has 0 spiro atoms. The van der Waals surface area contributed by atoms with E-state index in [9.17, 15) is 4.79 Å². The number of nitrogens with zero attached hydrogens (tertiary/aromatic N) is 1. The van der Waals surface area contributed by atoms with E-state index >= 15 is 0 Å². The molecule has 0 heterocycles. The maximum absolute atomic E-state index is 10.1. The number of aliphatic imine (C=N–C) groups is 1. The Morgan fingerprint density at radius 1 is 1.28 bits per heavy atom. The molecule has 140 valence electrons. The second kappa shape index (κ2) is 20.0. The Morgan fingerprint density at radius 3 is 2.44 bits per heavy atom. The number of hydrogen-bond acceptors (Lipinski definition) is 4. The molecule has 0 saturated heterocycles. The summed E-state index contributed by atoms with van der Waals surface area (Å²) in [6, 6.07) is 9.35. The average molecular weight is 365 g/mol. The largest absolute Gasteiger partial charge is 0.478 e. The minimum Gasteiger partial charge on any atom is -0.478 e. The first-order chi connectivity index (χ1) is 12.1. The summed E-state index contributed by atoms with van der Waals surface area (Å²) >= 11 is 1.86. The van der Waals surface area contributed by atoms with Gasteiger partial charge in [-0.05, 0) is 37.3 Å². The van der Waals surface area contributed by atoms with Gasteiger partial charge in [0.25, 0.3) is 0 Å². The Bertz CT molecular complexity index is 512. The molecule has 5 heteroatoms. The number of anilines is 1. The molecule has 0 aliphatic rings. The number of allylic oxidation sites excluding steroid dienone is 1. The van der Waals surface area contributed by atoms with Crippen molar-refractivity contribution in [2.75, 3.05) is 18.1 Å². The molecule has 4 nitrogen and oxygen atoms in total. The smallest absolute Gasteiger partial charge is 0.329 e. The maximum atomic E-state index is 10.1. The van der Waals surface area contributed by atoms with Crippen LogP contribution in [0.4, 0.5) is 5.69 Å². The van der Waals surface area contributed by atoms with E-state index in [0.717, 1.165) is 30.4 Å². The molecule has 0 saturated carbocycles. The summed E-state index contributed by atoms with van der Waals surface area (Å²) in [5.41, 5.74) is 2.11. The van der Waals surface area contributed by atoms with Crippen LogP contribution in [0, 0.1) is 0 Å². The molecule has 0 aliphatic carbocycles. The molecule has 0 atom stereocenters. The van der Waals surface area contributed by atoms with Crippen LogP contribution in [0.3, 0.4) is 0 Å². The first-order valence-corrected chi connectivity index (χ1v) is 9.55. The third-order valence-electron chi connectivity index (χ3n) is 2.64. The van der Waals surface area contributed by atoms with Gasteiger partial charge in [0.1, 0.15) is 0 Å². The van der Waals surface area contributed by atoms with Crippen LogP contribution in [0.5, 0.6) is 0 Å². The van der Waals surface area contributed by atoms with Crippen molar-refractivity contribution in [1.29, 1.82) is 0 Å². The lowest BCUT2D eigenvalue weighted by Gasteiger charge is -1.96. The third kappa shape index (κ3) is 19.9. The fourth-order valence-corrected chi connectivity index (χ4v) is 2.17. The average Bonchev–Trinajstić information content (AvgIpc) is 2.64. The Balaban J connectivity index is 0. The summed E-state index contributed by atoms with van der Waals surface area (Å²) in [4.78, 5) is 14.1. The second-order valence-electron chi connectivity index (χ2n) is 4.54. The van der Waals surface area contributed by atoms with Crippen LogP contribution in [0.15, 0.2) is 59.1 Å². The van der Waals surface area contributed by atoms with Gasteiger partial charge in [0.2, 0.25) is 0 Å². The van der Waals surface area contributed by atoms with Gasteiger partial charge in [-0.1, -0.05) is 45.0 Å². The standard InChI is InChI=1S/C9H9NO2.C9H17NS.C2H6/c11-9(12)6-7-10-8-4-2-1-3-5-8;1-4-5-7-11-8-6-9(2)10-3;1-2/h1-7,10H,(H,11,12);5,7H,4,6,8H2,1-3H3;1-2H3/b7-6+;7-5-,10-9?;. The molecule has 0 unspecified atom stereocenters. The van der Waals surface area contributed by atoms with Gasteiger partial charge in [-0.25, -0.2) is 4.79 Å². The molecule has 2 N–H and O–H groups in total. The van der Waals surface area contributed by atoms with Crippen LogP contribution in [-0.4, -0.2) is 29.6 Å². The van der Waals surface area contributed by atoms with E-state index in [1.165, 1.54) is 11.9 Å². The SMILES string of the molecule is CC.CC/C=C\SCCC(C)=NC.O=C(O)/C=C/Nc1ccccc1. The summed E-state index contributed by atoms with van der Waals surface area (Å²) in [5.74, 6) is 0.193. The fourth-order valence-electron chi connectivity index (χ4n) is 1.29. The van der Waals surface area contributed by atoms with Crippen LogP contribution < -0.4 is 5.32 Å². The number of carboxylic acids is 1. The van der Waals surface area contributed by atoms with E-state index in [-0.39, 0.29) is 0 Å². The van der Waals surface area contributed by atoms with Gasteiger partial charge in [0.15, 0.2) is 0 Å². The van der Waals surface area contributed by atoms with Gasteiger partial charge in [0, 0.05) is 36.5 Å². The number of para-hydroxylation sites is 1. The predicted molar refractivity (Wildman–Crippen MR) is 114 cm³/mol. The van der Waals surface area contributed by atoms with E-state index in [1.807, 2.05) is 63.0 Å². The van der Waals surface area contributed by atoms with Crippen LogP contribution >= 0.6 is 11.8 Å². The third-order valence-corrected chi connectivity index (χ3v) is 3.47. The molecular formula is C20H32N2O2S. The van der Waals surface area contributed by atoms with Gasteiger partial charge in [-0.2, -0.15) is 0 Å². The van der Waals surface area contributed by atoms with Crippen LogP contribution in [-0.2, 0) is 4.79 Å². The van der Waals surface area contributed by atoms with Gasteiger partial charge in [-0.15, -0.1) is 11.8 Å². The Kier molecular flexibility index (Phi) is 20.2. The summed E-state index contributed by atoms with van der Waals surface area (Å²) in [7, 11) is 1.85. The van der Waals surface area contributed by atoms with Crippen molar-refractivity contribution in [2.45, 2.75) is 40.5 Å². The minimum absolute atomic E-state index is 0.870. The van der Waals surface area contributed by atoms with E-state index in [4.69, 9.17) is 5.11 Å². The summed E-state index contributed by atoms with van der Waals surface area (Å²) in [5, 5.41) is 13.2.